The van der Waals surface area contributed by atoms with Crippen LogP contribution in [-0.4, -0.2) is 96.6 Å². The number of nitrogens with zero attached hydrogens (tertiary/aromatic N) is 4. The minimum Gasteiger partial charge on any atom is -0.810 e. The molecule has 0 aromatic rings. The van der Waals surface area contributed by atoms with Crippen LogP contribution in [0.15, 0.2) is 0 Å². The van der Waals surface area contributed by atoms with Crippen molar-refractivity contribution in [3.8, 4) is 0 Å². The molecular weight excluding hydrogens is 858 g/mol. The first-order chi connectivity index (χ1) is 17.5. The maximum atomic E-state index is 11.3. The third kappa shape index (κ3) is 54.7. The molecule has 0 aliphatic heterocycles. The van der Waals surface area contributed by atoms with E-state index >= 15 is 0 Å². The maximum absolute atomic E-state index is 11.3. The van der Waals surface area contributed by atoms with E-state index in [1.54, 1.807) is 0 Å². The van der Waals surface area contributed by atoms with Gasteiger partial charge in [-0.25, -0.2) is 0 Å². The Morgan fingerprint density at radius 3 is 0.500 bits per heavy atom. The van der Waals surface area contributed by atoms with Gasteiger partial charge in [-0.1, -0.05) is 45.6 Å². The molecule has 0 rings (SSSR count). The van der Waals surface area contributed by atoms with Crippen LogP contribution in [0.1, 0.15) is 5.71 Å². The molecule has 0 aromatic carbocycles. The normalized spacial score (nSPS) is 12.2. The van der Waals surface area contributed by atoms with Gasteiger partial charge in [-0.15, -0.1) is 0 Å². The standard InChI is InChI=1S/C12H36N4O18P6.8Na/c17-35(18,19)7-13(3-5-15(9-37(23,24)25)10-38(26,27)28)1-2-14(8-36(20,21)22)4-6-16(11-39(29,30)31)12-40(32,33)34;;;;;;;;/h1-12H2,(H2,17,18,19)(H2,20,21,22)(H2,23,24,25)(H2,26,27,28)(H2,29,30,31)(H2,32,33,34);;;;;;;;/q;8*+1/p-8. The molecule has 0 spiro atoms. The number of hydrogen-bond acceptors (Lipinski definition) is 22. The first-order valence-electron chi connectivity index (χ1n) is 10.5. The van der Waals surface area contributed by atoms with E-state index in [0.717, 1.165) is 0 Å². The quantitative estimate of drug-likeness (QED) is 0.0762. The topological polar surface area (TPSA) is 392 Å². The van der Waals surface area contributed by atoms with Gasteiger partial charge in [0.1, 0.15) is 0 Å². The molecule has 0 N–H and O–H groups in total. The molecule has 0 saturated carbocycles. The van der Waals surface area contributed by atoms with Crippen LogP contribution in [0.25, 0.3) is 0 Å². The fourth-order valence-corrected chi connectivity index (χ4v) is 7.98. The minimum atomic E-state index is -5.42. The molecular formula is C12H28N4Na8O18P6. The first-order valence-corrected chi connectivity index (χ1v) is 20.8. The summed E-state index contributed by atoms with van der Waals surface area (Å²) in [4.78, 5) is 135. The van der Waals surface area contributed by atoms with Gasteiger partial charge in [-0.3, -0.25) is 19.6 Å². The first kappa shape index (κ1) is 77.3. The molecule has 242 valence electrons. The van der Waals surface area contributed by atoms with Gasteiger partial charge in [0.05, 0.1) is 0 Å². The summed E-state index contributed by atoms with van der Waals surface area (Å²) in [7, 11) is -32.5. The second-order valence-electron chi connectivity index (χ2n) is 8.54. The zero-order valence-corrected chi connectivity index (χ0v) is 49.7. The molecule has 36 heteroatoms. The predicted molar refractivity (Wildman–Crippen MR) is 116 cm³/mol. The summed E-state index contributed by atoms with van der Waals surface area (Å²) in [6.07, 6.45) is -8.51. The molecule has 0 radical (unpaired) electrons. The van der Waals surface area contributed by atoms with Gasteiger partial charge in [0.2, 0.25) is 0 Å². The van der Waals surface area contributed by atoms with E-state index in [1.165, 1.54) is 0 Å². The Kier molecular flexibility index (Phi) is 57.0. The van der Waals surface area contributed by atoms with Crippen LogP contribution in [0.4, 0.5) is 0 Å². The molecule has 0 atom stereocenters. The molecule has 0 unspecified atom stereocenters. The molecule has 0 aliphatic carbocycles. The molecule has 22 nitrogen and oxygen atoms in total. The van der Waals surface area contributed by atoms with Gasteiger partial charge in [-0.2, -0.15) is 0 Å². The second-order valence-corrected chi connectivity index (χ2v) is 17.6. The Hall–Kier alpha value is 8.74. The Labute approximate surface area is 461 Å². The number of hydrogen-bond donors (Lipinski definition) is 0. The molecule has 0 bridgehead atoms. The summed E-state index contributed by atoms with van der Waals surface area (Å²) < 4.78 is 66.7. The molecule has 0 amide bonds. The van der Waals surface area contributed by atoms with Crippen LogP contribution in [0.5, 0.6) is 0 Å². The Morgan fingerprint density at radius 1 is 0.271 bits per heavy atom. The minimum absolute atomic E-state index is 0. The van der Waals surface area contributed by atoms with Crippen molar-refractivity contribution in [2.24, 2.45) is 0 Å². The van der Waals surface area contributed by atoms with Crippen molar-refractivity contribution in [1.29, 1.82) is 0 Å². The average molecular weight is 886 g/mol. The van der Waals surface area contributed by atoms with Crippen molar-refractivity contribution in [2.45, 2.75) is 0 Å². The smallest absolute Gasteiger partial charge is 0.810 e. The van der Waals surface area contributed by atoms with Crippen LogP contribution in [0.2, 0.25) is 0 Å². The van der Waals surface area contributed by atoms with Crippen LogP contribution >= 0.6 is 45.6 Å². The molecule has 0 saturated heterocycles. The Balaban J connectivity index is -0.000000115. The largest absolute Gasteiger partial charge is 1.00 e. The van der Waals surface area contributed by atoms with E-state index in [2.05, 4.69) is 0 Å². The van der Waals surface area contributed by atoms with E-state index in [-0.39, 0.29) is 242 Å². The van der Waals surface area contributed by atoms with Gasteiger partial charge in [0.25, 0.3) is 0 Å². The van der Waals surface area contributed by atoms with Gasteiger partial charge < -0.3 is 86.1 Å². The van der Waals surface area contributed by atoms with Crippen molar-refractivity contribution in [2.75, 3.05) is 77.0 Å². The Morgan fingerprint density at radius 2 is 0.375 bits per heavy atom. The van der Waals surface area contributed by atoms with Crippen LogP contribution in [0, 0.1) is 0 Å². The zero-order valence-electron chi connectivity index (χ0n) is 32.3. The van der Waals surface area contributed by atoms with Crippen molar-refractivity contribution < 1.29 is 328 Å². The summed E-state index contributed by atoms with van der Waals surface area (Å²) >= 11 is 0. The summed E-state index contributed by atoms with van der Waals surface area (Å²) in [5.41, 5.74) is 0. The predicted octanol–water partition coefficient (Wildman–Crippen LogP) is -34.1. The fraction of sp³-hybridized carbons (Fsp3) is 1.00. The molecule has 0 aliphatic rings. The zero-order chi connectivity index (χ0) is 31.8. The third-order valence-corrected chi connectivity index (χ3v) is 8.92. The fourth-order valence-electron chi connectivity index (χ4n) is 3.20. The van der Waals surface area contributed by atoms with Gasteiger partial charge >= 0.3 is 242 Å². The average Bonchev–Trinajstić information content (AvgIpc) is 2.60. The summed E-state index contributed by atoms with van der Waals surface area (Å²) in [6.45, 7) is -4.20. The Bertz CT molecular complexity index is 993. The van der Waals surface area contributed by atoms with E-state index in [1.807, 2.05) is 0 Å². The van der Waals surface area contributed by atoms with Crippen LogP contribution in [-0.2, 0) is 27.4 Å². The SMILES string of the molecule is O=P([O-])([O-])CN(CCN(CCN(CP(=O)([O-])[O-])CP(=O)([O-])[O-])CP(=O)([O-])[O-])CCN(CP(=O)([O-])[O-])CP(=O)([O-])[O-].[H+].[H+].[H+].[H+].[Na+].[Na+].[Na+].[Na+].[Na+].[Na+].[Na+].[Na+]. The van der Waals surface area contributed by atoms with Crippen LogP contribution < -0.4 is 295 Å². The monoisotopic (exact) mass is 886 g/mol. The van der Waals surface area contributed by atoms with E-state index in [0.29, 0.717) is 19.6 Å². The summed E-state index contributed by atoms with van der Waals surface area (Å²) in [6, 6.07) is 0. The van der Waals surface area contributed by atoms with Crippen LogP contribution in [0.3, 0.4) is 0 Å². The van der Waals surface area contributed by atoms with Crippen molar-refractivity contribution in [1.82, 2.24) is 19.6 Å². The second kappa shape index (κ2) is 35.3. The van der Waals surface area contributed by atoms with Gasteiger partial charge in [0, 0.05) is 77.0 Å². The molecule has 0 fully saturated rings. The van der Waals surface area contributed by atoms with Crippen molar-refractivity contribution in [3.63, 3.8) is 0 Å². The summed E-state index contributed by atoms with van der Waals surface area (Å²) in [5.74, 6) is 0. The number of rotatable bonds is 21. The summed E-state index contributed by atoms with van der Waals surface area (Å²) in [5, 5.41) is 0. The van der Waals surface area contributed by atoms with Gasteiger partial charge in [-0.05, 0) is 0 Å². The molecule has 0 heterocycles. The third-order valence-electron chi connectivity index (χ3n) is 4.44. The maximum Gasteiger partial charge on any atom is 1.00 e. The molecule has 48 heavy (non-hydrogen) atoms. The van der Waals surface area contributed by atoms with Crippen molar-refractivity contribution >= 4 is 45.6 Å². The van der Waals surface area contributed by atoms with E-state index in [4.69, 9.17) is 0 Å². The van der Waals surface area contributed by atoms with E-state index in [9.17, 15) is 86.1 Å². The van der Waals surface area contributed by atoms with Crippen molar-refractivity contribution in [3.05, 3.63) is 0 Å². The van der Waals surface area contributed by atoms with Gasteiger partial charge in [0.15, 0.2) is 0 Å². The molecule has 0 aromatic heterocycles. The van der Waals surface area contributed by atoms with E-state index < -0.39 is 123 Å².